The predicted octanol–water partition coefficient (Wildman–Crippen LogP) is 3.77. The molecule has 2 aliphatic rings. The molecule has 2 saturated heterocycles. The summed E-state index contributed by atoms with van der Waals surface area (Å²) in [6.07, 6.45) is -3.28. The fraction of sp³-hybridized carbons (Fsp3) is 0.500. The summed E-state index contributed by atoms with van der Waals surface area (Å²) < 4.78 is 55.9. The maximum absolute atomic E-state index is 14.8. The van der Waals surface area contributed by atoms with Crippen LogP contribution >= 0.6 is 0 Å². The lowest BCUT2D eigenvalue weighted by Crippen LogP contribution is -2.47. The molecule has 1 aromatic carbocycles. The predicted molar refractivity (Wildman–Crippen MR) is 107 cm³/mol. The standard InChI is InChI=1S/C22H22F4N4O/c23-21(5-7-28-13-21)19(31)9-14-8-16(22(24,25)26)12-30(11-14)18-4-3-15(10-27)20-17(18)2-1-6-29-20/h1-4,6,14,16,28H,5,7-9,11-13H2/t14-,16-,21+/m0/s1. The van der Waals surface area contributed by atoms with Crippen molar-refractivity contribution < 1.29 is 22.4 Å². The normalized spacial score (nSPS) is 26.7. The van der Waals surface area contributed by atoms with Crippen LogP contribution in [0.1, 0.15) is 24.8 Å². The molecule has 0 bridgehead atoms. The molecule has 5 nitrogen and oxygen atoms in total. The van der Waals surface area contributed by atoms with Crippen LogP contribution in [0.15, 0.2) is 30.5 Å². The van der Waals surface area contributed by atoms with E-state index in [4.69, 9.17) is 0 Å². The van der Waals surface area contributed by atoms with E-state index in [0.717, 1.165) is 0 Å². The number of nitriles is 1. The number of rotatable bonds is 4. The lowest BCUT2D eigenvalue weighted by molar-refractivity contribution is -0.180. The Morgan fingerprint density at radius 1 is 1.32 bits per heavy atom. The van der Waals surface area contributed by atoms with Gasteiger partial charge in [0.15, 0.2) is 11.5 Å². The lowest BCUT2D eigenvalue weighted by atomic mass is 9.82. The van der Waals surface area contributed by atoms with E-state index in [2.05, 4.69) is 16.4 Å². The Kier molecular flexibility index (Phi) is 5.60. The molecule has 2 aliphatic heterocycles. The van der Waals surface area contributed by atoms with E-state index in [0.29, 0.717) is 28.7 Å². The highest BCUT2D eigenvalue weighted by Gasteiger charge is 2.47. The first kappa shape index (κ1) is 21.5. The molecule has 0 aliphatic carbocycles. The zero-order chi connectivity index (χ0) is 22.2. The number of hydrogen-bond donors (Lipinski definition) is 1. The van der Waals surface area contributed by atoms with Crippen molar-refractivity contribution in [3.05, 3.63) is 36.0 Å². The third-order valence-corrected chi connectivity index (χ3v) is 6.28. The highest BCUT2D eigenvalue weighted by molar-refractivity contribution is 5.95. The minimum absolute atomic E-state index is 0.0525. The third-order valence-electron chi connectivity index (χ3n) is 6.28. The number of nitrogens with one attached hydrogen (secondary N) is 1. The molecule has 0 radical (unpaired) electrons. The van der Waals surface area contributed by atoms with Crippen molar-refractivity contribution >= 4 is 22.4 Å². The lowest BCUT2D eigenvalue weighted by Gasteiger charge is -2.40. The summed E-state index contributed by atoms with van der Waals surface area (Å²) in [7, 11) is 0. The number of alkyl halides is 4. The maximum atomic E-state index is 14.8. The Hall–Kier alpha value is -2.73. The van der Waals surface area contributed by atoms with Gasteiger partial charge in [-0.15, -0.1) is 0 Å². The van der Waals surface area contributed by atoms with E-state index >= 15 is 0 Å². The molecule has 0 amide bonds. The number of piperidine rings is 1. The number of carbonyl (C=O) groups excluding carboxylic acids is 1. The monoisotopic (exact) mass is 434 g/mol. The Morgan fingerprint density at radius 2 is 2.13 bits per heavy atom. The molecule has 164 valence electrons. The number of nitrogens with zero attached hydrogens (tertiary/aromatic N) is 3. The summed E-state index contributed by atoms with van der Waals surface area (Å²) in [5, 5.41) is 12.7. The second-order valence-corrected chi connectivity index (χ2v) is 8.41. The number of halogens is 4. The minimum Gasteiger partial charge on any atom is -0.370 e. The van der Waals surface area contributed by atoms with Crippen LogP contribution in [0.5, 0.6) is 0 Å². The van der Waals surface area contributed by atoms with Crippen molar-refractivity contribution in [1.82, 2.24) is 10.3 Å². The average Bonchev–Trinajstić information content (AvgIpc) is 3.20. The van der Waals surface area contributed by atoms with Gasteiger partial charge in [0.05, 0.1) is 17.0 Å². The SMILES string of the molecule is N#Cc1ccc(N2C[C@H](CC(=O)[C@@]3(F)CCNC3)C[C@H](C(F)(F)F)C2)c2cccnc12. The number of ketones is 1. The average molecular weight is 434 g/mol. The van der Waals surface area contributed by atoms with Gasteiger partial charge in [-0.25, -0.2) is 4.39 Å². The Morgan fingerprint density at radius 3 is 2.81 bits per heavy atom. The van der Waals surface area contributed by atoms with Crippen molar-refractivity contribution in [2.45, 2.75) is 31.1 Å². The van der Waals surface area contributed by atoms with Crippen LogP contribution in [0.2, 0.25) is 0 Å². The highest BCUT2D eigenvalue weighted by Crippen LogP contribution is 2.40. The van der Waals surface area contributed by atoms with E-state index in [1.807, 2.05) is 0 Å². The number of Topliss-reactive ketones (excluding diaryl/α,β-unsaturated/α-hetero) is 1. The van der Waals surface area contributed by atoms with Crippen molar-refractivity contribution in [2.24, 2.45) is 11.8 Å². The summed E-state index contributed by atoms with van der Waals surface area (Å²) >= 11 is 0. The molecule has 31 heavy (non-hydrogen) atoms. The Bertz CT molecular complexity index is 1030. The van der Waals surface area contributed by atoms with Crippen LogP contribution in [-0.2, 0) is 4.79 Å². The van der Waals surface area contributed by atoms with Crippen LogP contribution in [0.4, 0.5) is 23.2 Å². The van der Waals surface area contributed by atoms with Gasteiger partial charge in [0.2, 0.25) is 0 Å². The van der Waals surface area contributed by atoms with Crippen molar-refractivity contribution in [3.63, 3.8) is 0 Å². The second kappa shape index (κ2) is 8.08. The van der Waals surface area contributed by atoms with Crippen LogP contribution in [0.3, 0.4) is 0 Å². The van der Waals surface area contributed by atoms with Crippen molar-refractivity contribution in [3.8, 4) is 6.07 Å². The van der Waals surface area contributed by atoms with E-state index in [1.54, 1.807) is 29.2 Å². The van der Waals surface area contributed by atoms with Gasteiger partial charge < -0.3 is 10.2 Å². The zero-order valence-electron chi connectivity index (χ0n) is 16.8. The van der Waals surface area contributed by atoms with E-state index in [9.17, 15) is 27.6 Å². The smallest absolute Gasteiger partial charge is 0.370 e. The molecule has 3 heterocycles. The summed E-state index contributed by atoms with van der Waals surface area (Å²) in [5.41, 5.74) is -0.709. The van der Waals surface area contributed by atoms with Crippen LogP contribution in [0, 0.1) is 23.2 Å². The maximum Gasteiger partial charge on any atom is 0.393 e. The zero-order valence-corrected chi connectivity index (χ0v) is 16.8. The van der Waals surface area contributed by atoms with Gasteiger partial charge in [-0.3, -0.25) is 9.78 Å². The van der Waals surface area contributed by atoms with Gasteiger partial charge in [-0.1, -0.05) is 0 Å². The number of pyridine rings is 1. The Labute approximate surface area is 177 Å². The molecular weight excluding hydrogens is 412 g/mol. The topological polar surface area (TPSA) is 69.0 Å². The van der Waals surface area contributed by atoms with Gasteiger partial charge in [0, 0.05) is 49.7 Å². The molecule has 4 rings (SSSR count). The number of hydrogen-bond acceptors (Lipinski definition) is 5. The third kappa shape index (κ3) is 4.22. The molecule has 9 heteroatoms. The van der Waals surface area contributed by atoms with Crippen LogP contribution < -0.4 is 10.2 Å². The Balaban J connectivity index is 1.65. The van der Waals surface area contributed by atoms with Crippen molar-refractivity contribution in [2.75, 3.05) is 31.1 Å². The summed E-state index contributed by atoms with van der Waals surface area (Å²) in [5.74, 6) is -2.88. The first-order valence-corrected chi connectivity index (χ1v) is 10.2. The summed E-state index contributed by atoms with van der Waals surface area (Å²) in [4.78, 5) is 18.4. The van der Waals surface area contributed by atoms with Gasteiger partial charge in [-0.05, 0) is 43.1 Å². The number of benzene rings is 1. The van der Waals surface area contributed by atoms with Gasteiger partial charge >= 0.3 is 6.18 Å². The summed E-state index contributed by atoms with van der Waals surface area (Å²) in [6.45, 7) is 0.246. The fourth-order valence-electron chi connectivity index (χ4n) is 4.65. The molecule has 2 aromatic rings. The first-order chi connectivity index (χ1) is 14.7. The van der Waals surface area contributed by atoms with E-state index in [1.165, 1.54) is 6.20 Å². The molecular formula is C22H22F4N4O. The molecule has 0 spiro atoms. The first-order valence-electron chi connectivity index (χ1n) is 10.2. The van der Waals surface area contributed by atoms with Gasteiger partial charge in [0.1, 0.15) is 6.07 Å². The van der Waals surface area contributed by atoms with Gasteiger partial charge in [0.25, 0.3) is 0 Å². The molecule has 1 aromatic heterocycles. The molecule has 2 fully saturated rings. The summed E-state index contributed by atoms with van der Waals surface area (Å²) in [6, 6.07) is 8.60. The van der Waals surface area contributed by atoms with E-state index < -0.39 is 29.5 Å². The highest BCUT2D eigenvalue weighted by atomic mass is 19.4. The molecule has 0 unspecified atom stereocenters. The molecule has 1 N–H and O–H groups in total. The molecule has 3 atom stereocenters. The number of anilines is 1. The van der Waals surface area contributed by atoms with Gasteiger partial charge in [-0.2, -0.15) is 18.4 Å². The van der Waals surface area contributed by atoms with Crippen LogP contribution in [-0.4, -0.2) is 48.8 Å². The van der Waals surface area contributed by atoms with Crippen molar-refractivity contribution in [1.29, 1.82) is 5.26 Å². The second-order valence-electron chi connectivity index (χ2n) is 8.41. The minimum atomic E-state index is -4.43. The largest absolute Gasteiger partial charge is 0.393 e. The quantitative estimate of drug-likeness (QED) is 0.742. The van der Waals surface area contributed by atoms with Crippen LogP contribution in [0.25, 0.3) is 10.9 Å². The van der Waals surface area contributed by atoms with E-state index in [-0.39, 0.29) is 38.9 Å². The number of carbonyl (C=O) groups is 1. The fourth-order valence-corrected chi connectivity index (χ4v) is 4.65. The number of fused-ring (bicyclic) bond motifs is 1. The molecule has 0 saturated carbocycles. The number of aromatic nitrogens is 1.